The molecule has 1 aromatic carbocycles. The third-order valence-corrected chi connectivity index (χ3v) is 4.34. The molecule has 0 radical (unpaired) electrons. The molecule has 0 bridgehead atoms. The topological polar surface area (TPSA) is 70.1 Å². The van der Waals surface area contributed by atoms with Crippen molar-refractivity contribution in [2.45, 2.75) is 31.2 Å². The van der Waals surface area contributed by atoms with E-state index in [1.54, 1.807) is 24.3 Å². The SMILES string of the molecule is COc1cccc(C(O)CN(C)C(=O)C2CCCN2C(=O)C(F)(F)F)c1. The highest BCUT2D eigenvalue weighted by Gasteiger charge is 2.48. The molecule has 2 rings (SSSR count). The summed E-state index contributed by atoms with van der Waals surface area (Å²) in [5.41, 5.74) is 0.513. The summed E-state index contributed by atoms with van der Waals surface area (Å²) < 4.78 is 43.1. The molecule has 1 aliphatic heterocycles. The highest BCUT2D eigenvalue weighted by molar-refractivity contribution is 5.90. The van der Waals surface area contributed by atoms with Crippen LogP contribution >= 0.6 is 0 Å². The molecule has 1 N–H and O–H groups in total. The van der Waals surface area contributed by atoms with Crippen molar-refractivity contribution in [3.8, 4) is 5.75 Å². The number of halogens is 3. The molecule has 0 aliphatic carbocycles. The van der Waals surface area contributed by atoms with Gasteiger partial charge in [-0.05, 0) is 30.5 Å². The number of carbonyl (C=O) groups is 2. The van der Waals surface area contributed by atoms with Gasteiger partial charge < -0.3 is 19.6 Å². The first-order valence-corrected chi connectivity index (χ1v) is 8.10. The molecule has 0 spiro atoms. The third-order valence-electron chi connectivity index (χ3n) is 4.34. The van der Waals surface area contributed by atoms with Crippen LogP contribution in [0.1, 0.15) is 24.5 Å². The summed E-state index contributed by atoms with van der Waals surface area (Å²) in [4.78, 5) is 25.7. The van der Waals surface area contributed by atoms with Crippen LogP contribution in [0.4, 0.5) is 13.2 Å². The minimum absolute atomic E-state index is 0.110. The first-order valence-electron chi connectivity index (χ1n) is 8.10. The lowest BCUT2D eigenvalue weighted by atomic mass is 10.1. The number of nitrogens with zero attached hydrogens (tertiary/aromatic N) is 2. The van der Waals surface area contributed by atoms with Crippen LogP contribution in [0, 0.1) is 0 Å². The van der Waals surface area contributed by atoms with Crippen molar-refractivity contribution in [1.29, 1.82) is 0 Å². The summed E-state index contributed by atoms with van der Waals surface area (Å²) in [5.74, 6) is -2.09. The van der Waals surface area contributed by atoms with Crippen molar-refractivity contribution < 1.29 is 32.6 Å². The van der Waals surface area contributed by atoms with Gasteiger partial charge in [0.2, 0.25) is 5.91 Å². The lowest BCUT2D eigenvalue weighted by Crippen LogP contribution is -2.51. The van der Waals surface area contributed by atoms with Crippen LogP contribution in [-0.4, -0.2) is 66.2 Å². The molecule has 6 nitrogen and oxygen atoms in total. The second kappa shape index (κ2) is 7.94. The number of likely N-dealkylation sites (N-methyl/N-ethyl adjacent to an activating group) is 1. The Morgan fingerprint density at radius 3 is 2.73 bits per heavy atom. The Morgan fingerprint density at radius 2 is 2.12 bits per heavy atom. The average molecular weight is 374 g/mol. The number of carbonyl (C=O) groups excluding carboxylic acids is 2. The molecule has 1 aliphatic rings. The summed E-state index contributed by atoms with van der Waals surface area (Å²) in [6, 6.07) is 5.48. The molecule has 9 heteroatoms. The smallest absolute Gasteiger partial charge is 0.471 e. The summed E-state index contributed by atoms with van der Waals surface area (Å²) in [6.45, 7) is -0.225. The maximum Gasteiger partial charge on any atom is 0.471 e. The largest absolute Gasteiger partial charge is 0.497 e. The number of amides is 2. The van der Waals surface area contributed by atoms with E-state index < -0.39 is 30.1 Å². The summed E-state index contributed by atoms with van der Waals surface area (Å²) in [5, 5.41) is 10.3. The van der Waals surface area contributed by atoms with Gasteiger partial charge in [-0.15, -0.1) is 0 Å². The van der Waals surface area contributed by atoms with Gasteiger partial charge in [-0.2, -0.15) is 13.2 Å². The standard InChI is InChI=1S/C17H21F3N2O4/c1-21(10-14(23)11-5-3-6-12(9-11)26-2)15(24)13-7-4-8-22(13)16(25)17(18,19)20/h3,5-6,9,13-14,23H,4,7-8,10H2,1-2H3. The van der Waals surface area contributed by atoms with Crippen molar-refractivity contribution in [1.82, 2.24) is 9.80 Å². The van der Waals surface area contributed by atoms with E-state index in [1.807, 2.05) is 0 Å². The van der Waals surface area contributed by atoms with E-state index in [0.717, 1.165) is 4.90 Å². The van der Waals surface area contributed by atoms with Gasteiger partial charge >= 0.3 is 12.1 Å². The Labute approximate surface area is 149 Å². The number of benzene rings is 1. The molecule has 2 atom stereocenters. The van der Waals surface area contributed by atoms with E-state index in [2.05, 4.69) is 0 Å². The molecule has 1 saturated heterocycles. The Morgan fingerprint density at radius 1 is 1.42 bits per heavy atom. The van der Waals surface area contributed by atoms with E-state index in [9.17, 15) is 27.9 Å². The summed E-state index contributed by atoms with van der Waals surface area (Å²) >= 11 is 0. The van der Waals surface area contributed by atoms with Crippen molar-refractivity contribution in [3.63, 3.8) is 0 Å². The quantitative estimate of drug-likeness (QED) is 0.852. The van der Waals surface area contributed by atoms with Gasteiger partial charge in [0.15, 0.2) is 0 Å². The Balaban J connectivity index is 2.05. The molecule has 2 unspecified atom stereocenters. The number of hydrogen-bond donors (Lipinski definition) is 1. The van der Waals surface area contributed by atoms with Crippen LogP contribution in [0.25, 0.3) is 0 Å². The number of rotatable bonds is 5. The van der Waals surface area contributed by atoms with E-state index in [4.69, 9.17) is 4.74 Å². The molecule has 26 heavy (non-hydrogen) atoms. The second-order valence-electron chi connectivity index (χ2n) is 6.17. The van der Waals surface area contributed by atoms with E-state index in [0.29, 0.717) is 22.6 Å². The fraction of sp³-hybridized carbons (Fsp3) is 0.529. The molecule has 1 aromatic rings. The molecule has 144 valence electrons. The van der Waals surface area contributed by atoms with E-state index in [-0.39, 0.29) is 19.5 Å². The first-order chi connectivity index (χ1) is 12.1. The molecule has 1 heterocycles. The minimum Gasteiger partial charge on any atom is -0.497 e. The van der Waals surface area contributed by atoms with Gasteiger partial charge in [0.1, 0.15) is 11.8 Å². The number of alkyl halides is 3. The molecule has 2 amide bonds. The van der Waals surface area contributed by atoms with Gasteiger partial charge in [0.25, 0.3) is 0 Å². The van der Waals surface area contributed by atoms with Gasteiger partial charge in [0, 0.05) is 13.6 Å². The third kappa shape index (κ3) is 4.46. The molecule has 0 aromatic heterocycles. The molecular weight excluding hydrogens is 353 g/mol. The maximum atomic E-state index is 12.7. The van der Waals surface area contributed by atoms with Crippen LogP contribution in [0.15, 0.2) is 24.3 Å². The van der Waals surface area contributed by atoms with Gasteiger partial charge in [-0.25, -0.2) is 0 Å². The normalized spacial score (nSPS) is 18.5. The van der Waals surface area contributed by atoms with Gasteiger partial charge in [-0.3, -0.25) is 9.59 Å². The zero-order chi connectivity index (χ0) is 19.5. The predicted molar refractivity (Wildman–Crippen MR) is 86.4 cm³/mol. The van der Waals surface area contributed by atoms with Crippen molar-refractivity contribution in [3.05, 3.63) is 29.8 Å². The second-order valence-corrected chi connectivity index (χ2v) is 6.17. The predicted octanol–water partition coefficient (Wildman–Crippen LogP) is 1.74. The Hall–Kier alpha value is -2.29. The fourth-order valence-electron chi connectivity index (χ4n) is 2.99. The summed E-state index contributed by atoms with van der Waals surface area (Å²) in [7, 11) is 2.87. The zero-order valence-electron chi connectivity index (χ0n) is 14.5. The average Bonchev–Trinajstić information content (AvgIpc) is 3.08. The number of likely N-dealkylation sites (tertiary alicyclic amines) is 1. The van der Waals surface area contributed by atoms with Crippen LogP contribution in [-0.2, 0) is 9.59 Å². The number of aliphatic hydroxyl groups excluding tert-OH is 1. The van der Waals surface area contributed by atoms with E-state index >= 15 is 0 Å². The van der Waals surface area contributed by atoms with Crippen molar-refractivity contribution in [2.75, 3.05) is 27.2 Å². The van der Waals surface area contributed by atoms with Crippen molar-refractivity contribution >= 4 is 11.8 Å². The van der Waals surface area contributed by atoms with Crippen LogP contribution < -0.4 is 4.74 Å². The highest BCUT2D eigenvalue weighted by atomic mass is 19.4. The van der Waals surface area contributed by atoms with Gasteiger partial charge in [-0.1, -0.05) is 12.1 Å². The number of ether oxygens (including phenoxy) is 1. The number of aliphatic hydroxyl groups is 1. The number of hydrogen-bond acceptors (Lipinski definition) is 4. The van der Waals surface area contributed by atoms with Crippen LogP contribution in [0.3, 0.4) is 0 Å². The van der Waals surface area contributed by atoms with Crippen molar-refractivity contribution in [2.24, 2.45) is 0 Å². The minimum atomic E-state index is -5.01. The molecule has 0 saturated carbocycles. The van der Waals surface area contributed by atoms with Gasteiger partial charge in [0.05, 0.1) is 19.8 Å². The van der Waals surface area contributed by atoms with Crippen LogP contribution in [0.2, 0.25) is 0 Å². The molecular formula is C17H21F3N2O4. The van der Waals surface area contributed by atoms with E-state index in [1.165, 1.54) is 14.2 Å². The lowest BCUT2D eigenvalue weighted by molar-refractivity contribution is -0.187. The fourth-order valence-corrected chi connectivity index (χ4v) is 2.99. The first kappa shape index (κ1) is 20.0. The monoisotopic (exact) mass is 374 g/mol. The zero-order valence-corrected chi connectivity index (χ0v) is 14.5. The summed E-state index contributed by atoms with van der Waals surface area (Å²) in [6.07, 6.45) is -5.56. The highest BCUT2D eigenvalue weighted by Crippen LogP contribution is 2.27. The Kier molecular flexibility index (Phi) is 6.12. The Bertz CT molecular complexity index is 666. The maximum absolute atomic E-state index is 12.7. The number of methoxy groups -OCH3 is 1. The van der Waals surface area contributed by atoms with Crippen LogP contribution in [0.5, 0.6) is 5.75 Å². The molecule has 1 fully saturated rings. The lowest BCUT2D eigenvalue weighted by Gasteiger charge is -2.29.